The number of hydrogen-bond donors (Lipinski definition) is 1. The van der Waals surface area contributed by atoms with Crippen LogP contribution in [0.4, 0.5) is 4.39 Å². The summed E-state index contributed by atoms with van der Waals surface area (Å²) in [5.74, 6) is 1.26. The first-order valence-corrected chi connectivity index (χ1v) is 6.84. The minimum absolute atomic E-state index is 0.281. The van der Waals surface area contributed by atoms with Crippen LogP contribution in [0.5, 0.6) is 0 Å². The summed E-state index contributed by atoms with van der Waals surface area (Å²) in [4.78, 5) is 6.09. The zero-order chi connectivity index (χ0) is 13.8. The van der Waals surface area contributed by atoms with Gasteiger partial charge in [-0.05, 0) is 30.9 Å². The summed E-state index contributed by atoms with van der Waals surface area (Å²) < 4.78 is 13.7. The Morgan fingerprint density at radius 3 is 2.84 bits per heavy atom. The summed E-state index contributed by atoms with van der Waals surface area (Å²) in [5, 5.41) is 3.75. The molecule has 19 heavy (non-hydrogen) atoms. The summed E-state index contributed by atoms with van der Waals surface area (Å²) in [5.41, 5.74) is 0.501. The van der Waals surface area contributed by atoms with Crippen LogP contribution in [-0.2, 0) is 6.54 Å². The number of nitrogens with zero attached hydrogens (tertiary/aromatic N) is 2. The molecule has 1 N–H and O–H groups in total. The van der Waals surface area contributed by atoms with Gasteiger partial charge in [0, 0.05) is 37.8 Å². The summed E-state index contributed by atoms with van der Waals surface area (Å²) >= 11 is 6.03. The number of hydrogen-bond acceptors (Lipinski definition) is 1. The first kappa shape index (κ1) is 14.1. The third-order valence-corrected chi connectivity index (χ3v) is 3.63. The third kappa shape index (κ3) is 3.83. The second kappa shape index (κ2) is 6.24. The van der Waals surface area contributed by atoms with E-state index in [0.717, 1.165) is 18.4 Å². The van der Waals surface area contributed by atoms with E-state index in [-0.39, 0.29) is 5.82 Å². The highest BCUT2D eigenvalue weighted by Crippen LogP contribution is 2.27. The Bertz CT molecular complexity index is 452. The van der Waals surface area contributed by atoms with Crippen LogP contribution in [0.2, 0.25) is 5.02 Å². The van der Waals surface area contributed by atoms with Gasteiger partial charge in [-0.15, -0.1) is 0 Å². The van der Waals surface area contributed by atoms with Gasteiger partial charge in [0.1, 0.15) is 5.82 Å². The van der Waals surface area contributed by atoms with Crippen LogP contribution in [0.25, 0.3) is 0 Å². The summed E-state index contributed by atoms with van der Waals surface area (Å²) in [6.07, 6.45) is 2.57. The molecule has 2 rings (SSSR count). The Labute approximate surface area is 118 Å². The van der Waals surface area contributed by atoms with Gasteiger partial charge in [-0.1, -0.05) is 17.7 Å². The molecule has 1 aromatic rings. The molecular formula is C14H19ClFN3. The first-order chi connectivity index (χ1) is 9.11. The average Bonchev–Trinajstić information content (AvgIpc) is 3.19. The van der Waals surface area contributed by atoms with Gasteiger partial charge < -0.3 is 10.2 Å². The van der Waals surface area contributed by atoms with Crippen molar-refractivity contribution in [3.05, 3.63) is 34.6 Å². The normalized spacial score (nSPS) is 15.5. The van der Waals surface area contributed by atoms with Crippen LogP contribution in [0.1, 0.15) is 18.4 Å². The van der Waals surface area contributed by atoms with Gasteiger partial charge in [0.15, 0.2) is 5.96 Å². The van der Waals surface area contributed by atoms with Crippen molar-refractivity contribution in [2.75, 3.05) is 20.6 Å². The highest BCUT2D eigenvalue weighted by atomic mass is 35.5. The molecule has 0 heterocycles. The molecule has 1 aliphatic carbocycles. The predicted octanol–water partition coefficient (Wildman–Crippen LogP) is 2.90. The number of benzene rings is 1. The summed E-state index contributed by atoms with van der Waals surface area (Å²) in [7, 11) is 3.61. The zero-order valence-electron chi connectivity index (χ0n) is 11.3. The van der Waals surface area contributed by atoms with E-state index in [1.165, 1.54) is 18.9 Å². The van der Waals surface area contributed by atoms with Crippen molar-refractivity contribution in [1.82, 2.24) is 10.2 Å². The molecule has 3 nitrogen and oxygen atoms in total. The van der Waals surface area contributed by atoms with E-state index in [2.05, 4.69) is 10.3 Å². The van der Waals surface area contributed by atoms with Crippen LogP contribution in [0, 0.1) is 11.7 Å². The minimum Gasteiger partial charge on any atom is -0.356 e. The van der Waals surface area contributed by atoms with Gasteiger partial charge in [-0.25, -0.2) is 4.39 Å². The monoisotopic (exact) mass is 283 g/mol. The number of rotatable bonds is 4. The maximum atomic E-state index is 13.7. The Kier molecular flexibility index (Phi) is 4.64. The third-order valence-electron chi connectivity index (χ3n) is 3.28. The minimum atomic E-state index is -0.281. The molecule has 1 aliphatic rings. The van der Waals surface area contributed by atoms with E-state index >= 15 is 0 Å². The number of guanidine groups is 1. The molecule has 0 unspecified atom stereocenters. The van der Waals surface area contributed by atoms with Crippen LogP contribution in [0.15, 0.2) is 23.2 Å². The summed E-state index contributed by atoms with van der Waals surface area (Å²) in [6.45, 7) is 1.33. The van der Waals surface area contributed by atoms with Crippen molar-refractivity contribution in [2.24, 2.45) is 10.9 Å². The van der Waals surface area contributed by atoms with Gasteiger partial charge in [-0.2, -0.15) is 0 Å². The van der Waals surface area contributed by atoms with Gasteiger partial charge >= 0.3 is 0 Å². The van der Waals surface area contributed by atoms with Gasteiger partial charge in [0.05, 0.1) is 0 Å². The molecule has 1 aromatic carbocycles. The maximum absolute atomic E-state index is 13.7. The van der Waals surface area contributed by atoms with Crippen LogP contribution >= 0.6 is 11.6 Å². The van der Waals surface area contributed by atoms with Crippen molar-refractivity contribution in [2.45, 2.75) is 19.4 Å². The molecule has 0 amide bonds. The van der Waals surface area contributed by atoms with E-state index in [0.29, 0.717) is 17.1 Å². The Hall–Kier alpha value is -1.29. The lowest BCUT2D eigenvalue weighted by Crippen LogP contribution is -2.39. The maximum Gasteiger partial charge on any atom is 0.193 e. The molecule has 1 saturated carbocycles. The fraction of sp³-hybridized carbons (Fsp3) is 0.500. The highest BCUT2D eigenvalue weighted by Gasteiger charge is 2.22. The molecule has 1 fully saturated rings. The van der Waals surface area contributed by atoms with E-state index in [1.54, 1.807) is 19.2 Å². The molecule has 0 bridgehead atoms. The topological polar surface area (TPSA) is 27.6 Å². The fourth-order valence-corrected chi connectivity index (χ4v) is 2.16. The van der Waals surface area contributed by atoms with Crippen molar-refractivity contribution in [1.29, 1.82) is 0 Å². The lowest BCUT2D eigenvalue weighted by atomic mass is 10.2. The van der Waals surface area contributed by atoms with Crippen molar-refractivity contribution in [3.8, 4) is 0 Å². The van der Waals surface area contributed by atoms with E-state index in [4.69, 9.17) is 11.6 Å². The Morgan fingerprint density at radius 1 is 1.53 bits per heavy atom. The second-order valence-electron chi connectivity index (χ2n) is 4.93. The van der Waals surface area contributed by atoms with Gasteiger partial charge in [0.2, 0.25) is 0 Å². The standard InChI is InChI=1S/C14H19ClFN3/c1-17-14(18-8-10-6-7-10)19(2)9-11-12(15)4-3-5-13(11)16/h3-5,10H,6-9H2,1-2H3,(H,17,18). The zero-order valence-corrected chi connectivity index (χ0v) is 12.0. The molecule has 5 heteroatoms. The molecule has 0 aromatic heterocycles. The smallest absolute Gasteiger partial charge is 0.193 e. The molecular weight excluding hydrogens is 265 g/mol. The molecule has 0 saturated heterocycles. The van der Waals surface area contributed by atoms with Crippen molar-refractivity contribution in [3.63, 3.8) is 0 Å². The van der Waals surface area contributed by atoms with E-state index in [9.17, 15) is 4.39 Å². The lowest BCUT2D eigenvalue weighted by Gasteiger charge is -2.22. The van der Waals surface area contributed by atoms with Crippen LogP contribution in [0.3, 0.4) is 0 Å². The second-order valence-corrected chi connectivity index (χ2v) is 5.33. The molecule has 0 spiro atoms. The van der Waals surface area contributed by atoms with E-state index < -0.39 is 0 Å². The highest BCUT2D eigenvalue weighted by molar-refractivity contribution is 6.31. The predicted molar refractivity (Wildman–Crippen MR) is 77.0 cm³/mol. The quantitative estimate of drug-likeness (QED) is 0.680. The first-order valence-electron chi connectivity index (χ1n) is 6.46. The summed E-state index contributed by atoms with van der Waals surface area (Å²) in [6, 6.07) is 4.74. The number of aliphatic imine (C=N–C) groups is 1. The van der Waals surface area contributed by atoms with Crippen molar-refractivity contribution < 1.29 is 4.39 Å². The molecule has 0 radical (unpaired) electrons. The largest absolute Gasteiger partial charge is 0.356 e. The SMILES string of the molecule is CN=C(NCC1CC1)N(C)Cc1c(F)cccc1Cl. The fourth-order valence-electron chi connectivity index (χ4n) is 1.94. The lowest BCUT2D eigenvalue weighted by molar-refractivity contribution is 0.459. The molecule has 0 atom stereocenters. The molecule has 0 aliphatic heterocycles. The van der Waals surface area contributed by atoms with Gasteiger partial charge in [-0.3, -0.25) is 4.99 Å². The van der Waals surface area contributed by atoms with Crippen LogP contribution in [-0.4, -0.2) is 31.5 Å². The van der Waals surface area contributed by atoms with Crippen LogP contribution < -0.4 is 5.32 Å². The van der Waals surface area contributed by atoms with Gasteiger partial charge in [0.25, 0.3) is 0 Å². The Balaban J connectivity index is 1.99. The number of halogens is 2. The average molecular weight is 284 g/mol. The van der Waals surface area contributed by atoms with Crippen molar-refractivity contribution >= 4 is 17.6 Å². The van der Waals surface area contributed by atoms with E-state index in [1.807, 2.05) is 11.9 Å². The molecule has 104 valence electrons. The number of nitrogens with one attached hydrogen (secondary N) is 1. The Morgan fingerprint density at radius 2 is 2.26 bits per heavy atom.